The number of carbonyl (C=O) groups excluding carboxylic acids is 1. The number of pyridine rings is 1. The first-order chi connectivity index (χ1) is 7.39. The van der Waals surface area contributed by atoms with Crippen molar-refractivity contribution in [3.05, 3.63) is 23.1 Å². The van der Waals surface area contributed by atoms with E-state index < -0.39 is 29.2 Å². The van der Waals surface area contributed by atoms with Crippen LogP contribution in [0.2, 0.25) is 0 Å². The Hall–Kier alpha value is -1.18. The quantitative estimate of drug-likeness (QED) is 0.489. The summed E-state index contributed by atoms with van der Waals surface area (Å²) in [6.07, 6.45) is -4.12. The molecule has 0 N–H and O–H groups in total. The molecule has 0 aliphatic carbocycles. The van der Waals surface area contributed by atoms with Crippen LogP contribution in [0.5, 0.6) is 5.88 Å². The van der Waals surface area contributed by atoms with Crippen LogP contribution in [0.3, 0.4) is 0 Å². The largest absolute Gasteiger partial charge is 0.574 e. The Labute approximate surface area is 95.6 Å². The molecular weight excluding hydrogens is 298 g/mol. The van der Waals surface area contributed by atoms with Crippen LogP contribution in [0.25, 0.3) is 0 Å². The molecule has 0 saturated heterocycles. The summed E-state index contributed by atoms with van der Waals surface area (Å²) < 4.78 is 52.6. The van der Waals surface area contributed by atoms with E-state index in [-0.39, 0.29) is 11.6 Å². The molecule has 0 spiro atoms. The van der Waals surface area contributed by atoms with Gasteiger partial charge in [0.25, 0.3) is 0 Å². The smallest absolute Gasteiger partial charge is 0.387 e. The van der Waals surface area contributed by atoms with Crippen molar-refractivity contribution in [2.45, 2.75) is 11.7 Å². The molecule has 0 aliphatic heterocycles. The number of aldehydes is 1. The van der Waals surface area contributed by atoms with Crippen molar-refractivity contribution in [3.63, 3.8) is 0 Å². The van der Waals surface area contributed by atoms with Gasteiger partial charge in [-0.3, -0.25) is 4.79 Å². The Morgan fingerprint density at radius 3 is 2.56 bits per heavy atom. The van der Waals surface area contributed by atoms with Crippen LogP contribution in [0.1, 0.15) is 15.9 Å². The minimum absolute atomic E-state index is 0.159. The van der Waals surface area contributed by atoms with Crippen molar-refractivity contribution in [3.8, 4) is 5.88 Å². The highest BCUT2D eigenvalue weighted by atomic mass is 79.9. The third-order valence-electron chi connectivity index (χ3n) is 1.57. The van der Waals surface area contributed by atoms with Gasteiger partial charge < -0.3 is 4.74 Å². The van der Waals surface area contributed by atoms with Crippen LogP contribution in [0.15, 0.2) is 6.20 Å². The number of carbonyl (C=O) groups is 1. The molecule has 1 heterocycles. The lowest BCUT2D eigenvalue weighted by Gasteiger charge is -2.11. The van der Waals surface area contributed by atoms with E-state index in [2.05, 4.69) is 25.7 Å². The number of rotatable bonds is 3. The molecule has 0 bridgehead atoms. The van der Waals surface area contributed by atoms with Crippen molar-refractivity contribution in [1.82, 2.24) is 4.98 Å². The molecule has 0 saturated carbocycles. The lowest BCUT2D eigenvalue weighted by molar-refractivity contribution is -0.276. The van der Waals surface area contributed by atoms with E-state index in [1.807, 2.05) is 0 Å². The summed E-state index contributed by atoms with van der Waals surface area (Å²) in [5.41, 5.74) is -0.883. The first-order valence-electron chi connectivity index (χ1n) is 3.83. The molecule has 0 aliphatic rings. The monoisotopic (exact) mass is 301 g/mol. The maximum Gasteiger partial charge on any atom is 0.574 e. The second-order valence-corrected chi connectivity index (χ2v) is 3.17. The van der Waals surface area contributed by atoms with Crippen molar-refractivity contribution >= 4 is 22.2 Å². The van der Waals surface area contributed by atoms with E-state index in [0.717, 1.165) is 0 Å². The Morgan fingerprint density at radius 1 is 1.50 bits per heavy atom. The molecule has 0 atom stereocenters. The minimum atomic E-state index is -4.96. The van der Waals surface area contributed by atoms with E-state index in [4.69, 9.17) is 0 Å². The lowest BCUT2D eigenvalue weighted by Crippen LogP contribution is -2.19. The summed E-state index contributed by atoms with van der Waals surface area (Å²) in [6.45, 7) is 0. The summed E-state index contributed by atoms with van der Waals surface area (Å²) >= 11 is 2.79. The second-order valence-electron chi connectivity index (χ2n) is 2.61. The van der Waals surface area contributed by atoms with Crippen molar-refractivity contribution < 1.29 is 27.1 Å². The Bertz CT molecular complexity index is 408. The maximum atomic E-state index is 13.4. The van der Waals surface area contributed by atoms with E-state index in [1.54, 1.807) is 0 Å². The van der Waals surface area contributed by atoms with Crippen LogP contribution in [-0.2, 0) is 5.33 Å². The van der Waals surface area contributed by atoms with E-state index in [9.17, 15) is 22.4 Å². The third-order valence-corrected chi connectivity index (χ3v) is 2.13. The van der Waals surface area contributed by atoms with Crippen LogP contribution in [-0.4, -0.2) is 17.6 Å². The van der Waals surface area contributed by atoms with Gasteiger partial charge in [0.15, 0.2) is 6.29 Å². The summed E-state index contributed by atoms with van der Waals surface area (Å²) in [4.78, 5) is 13.6. The fourth-order valence-electron chi connectivity index (χ4n) is 0.926. The Kier molecular flexibility index (Phi) is 3.84. The van der Waals surface area contributed by atoms with E-state index in [0.29, 0.717) is 6.20 Å². The summed E-state index contributed by atoms with van der Waals surface area (Å²) in [7, 11) is 0. The van der Waals surface area contributed by atoms with Crippen LogP contribution >= 0.6 is 15.9 Å². The number of ether oxygens (including phenoxy) is 1. The van der Waals surface area contributed by atoms with Gasteiger partial charge in [0.2, 0.25) is 5.88 Å². The first-order valence-corrected chi connectivity index (χ1v) is 4.95. The van der Waals surface area contributed by atoms with Crippen LogP contribution in [0, 0.1) is 5.82 Å². The summed E-state index contributed by atoms with van der Waals surface area (Å²) in [6, 6.07) is 0. The average Bonchev–Trinajstić information content (AvgIpc) is 2.16. The standard InChI is InChI=1S/C8H4BrF4NO2/c9-1-5-6(10)4(3-15)2-14-7(5)16-8(11,12)13/h2-3H,1H2. The summed E-state index contributed by atoms with van der Waals surface area (Å²) in [5, 5.41) is -0.251. The molecule has 3 nitrogen and oxygen atoms in total. The highest BCUT2D eigenvalue weighted by Gasteiger charge is 2.33. The minimum Gasteiger partial charge on any atom is -0.387 e. The third kappa shape index (κ3) is 2.91. The molecule has 8 heteroatoms. The second kappa shape index (κ2) is 4.77. The number of aromatic nitrogens is 1. The maximum absolute atomic E-state index is 13.4. The molecule has 0 fully saturated rings. The van der Waals surface area contributed by atoms with Gasteiger partial charge in [-0.1, -0.05) is 15.9 Å². The highest BCUT2D eigenvalue weighted by molar-refractivity contribution is 9.08. The molecule has 0 unspecified atom stereocenters. The predicted octanol–water partition coefficient (Wildman–Crippen LogP) is 2.83. The van der Waals surface area contributed by atoms with Gasteiger partial charge in [-0.15, -0.1) is 13.2 Å². The zero-order valence-corrected chi connectivity index (χ0v) is 9.10. The van der Waals surface area contributed by atoms with Crippen molar-refractivity contribution in [1.29, 1.82) is 0 Å². The number of hydrogen-bond donors (Lipinski definition) is 0. The zero-order chi connectivity index (χ0) is 12.3. The molecule has 0 aromatic carbocycles. The average molecular weight is 302 g/mol. The topological polar surface area (TPSA) is 39.2 Å². The zero-order valence-electron chi connectivity index (χ0n) is 7.52. The van der Waals surface area contributed by atoms with Crippen LogP contribution in [0.4, 0.5) is 17.6 Å². The molecule has 16 heavy (non-hydrogen) atoms. The first kappa shape index (κ1) is 12.9. The van der Waals surface area contributed by atoms with Gasteiger partial charge in [0.05, 0.1) is 11.1 Å². The van der Waals surface area contributed by atoms with E-state index >= 15 is 0 Å². The highest BCUT2D eigenvalue weighted by Crippen LogP contribution is 2.28. The number of hydrogen-bond acceptors (Lipinski definition) is 3. The molecule has 0 amide bonds. The van der Waals surface area contributed by atoms with Gasteiger partial charge in [-0.05, 0) is 0 Å². The van der Waals surface area contributed by atoms with Gasteiger partial charge >= 0.3 is 6.36 Å². The van der Waals surface area contributed by atoms with E-state index in [1.165, 1.54) is 0 Å². The van der Waals surface area contributed by atoms with Crippen molar-refractivity contribution in [2.24, 2.45) is 0 Å². The van der Waals surface area contributed by atoms with Crippen LogP contribution < -0.4 is 4.74 Å². The molecule has 88 valence electrons. The normalized spacial score (nSPS) is 11.3. The molecule has 1 aromatic rings. The van der Waals surface area contributed by atoms with Gasteiger partial charge in [-0.25, -0.2) is 9.37 Å². The Balaban J connectivity index is 3.21. The fourth-order valence-corrected chi connectivity index (χ4v) is 1.41. The number of alkyl halides is 4. The predicted molar refractivity (Wildman–Crippen MR) is 48.9 cm³/mol. The fraction of sp³-hybridized carbons (Fsp3) is 0.250. The molecular formula is C8H4BrF4NO2. The molecule has 1 aromatic heterocycles. The number of halogens is 5. The molecule has 0 radical (unpaired) electrons. The molecule has 1 rings (SSSR count). The van der Waals surface area contributed by atoms with Crippen molar-refractivity contribution in [2.75, 3.05) is 0 Å². The Morgan fingerprint density at radius 2 is 2.12 bits per heavy atom. The lowest BCUT2D eigenvalue weighted by atomic mass is 10.2. The SMILES string of the molecule is O=Cc1cnc(OC(F)(F)F)c(CBr)c1F. The summed E-state index contributed by atoms with van der Waals surface area (Å²) in [5.74, 6) is -1.99. The number of nitrogens with zero attached hydrogens (tertiary/aromatic N) is 1. The van der Waals surface area contributed by atoms with Gasteiger partial charge in [0.1, 0.15) is 5.82 Å². The van der Waals surface area contributed by atoms with Gasteiger partial charge in [-0.2, -0.15) is 0 Å². The van der Waals surface area contributed by atoms with Gasteiger partial charge in [0, 0.05) is 11.5 Å².